The molecule has 0 fully saturated rings. The predicted molar refractivity (Wildman–Crippen MR) is 129 cm³/mol. The third-order valence-corrected chi connectivity index (χ3v) is 6.26. The van der Waals surface area contributed by atoms with Crippen molar-refractivity contribution < 1.29 is 19.1 Å². The third-order valence-electron chi connectivity index (χ3n) is 5.12. The maximum atomic E-state index is 13.3. The van der Waals surface area contributed by atoms with E-state index < -0.39 is 0 Å². The van der Waals surface area contributed by atoms with Crippen LogP contribution in [0.3, 0.4) is 0 Å². The van der Waals surface area contributed by atoms with Crippen LogP contribution in [0.4, 0.5) is 0 Å². The Kier molecular flexibility index (Phi) is 9.38. The van der Waals surface area contributed by atoms with Crippen molar-refractivity contribution in [1.82, 2.24) is 4.90 Å². The molecule has 0 bridgehead atoms. The monoisotopic (exact) mass is 453 g/mol. The van der Waals surface area contributed by atoms with E-state index in [1.54, 1.807) is 0 Å². The molecule has 2 amide bonds. The van der Waals surface area contributed by atoms with E-state index >= 15 is 0 Å². The highest BCUT2D eigenvalue weighted by molar-refractivity contribution is 8.03. The minimum absolute atomic E-state index is 0.214. The molecule has 5 nitrogen and oxygen atoms in total. The molecule has 0 atom stereocenters. The number of nitrogens with zero attached hydrogens (tertiary/aromatic N) is 1. The number of hydrogen-bond acceptors (Lipinski definition) is 5. The lowest BCUT2D eigenvalue weighted by molar-refractivity contribution is -0.136. The van der Waals surface area contributed by atoms with Gasteiger partial charge in [-0.1, -0.05) is 55.8 Å². The smallest absolute Gasteiger partial charge is 0.267 e. The quantitative estimate of drug-likeness (QED) is 0.304. The second-order valence-corrected chi connectivity index (χ2v) is 8.50. The van der Waals surface area contributed by atoms with Gasteiger partial charge in [0.05, 0.1) is 17.1 Å². The summed E-state index contributed by atoms with van der Waals surface area (Å²) in [6, 6.07) is 17.4. The van der Waals surface area contributed by atoms with E-state index in [1.165, 1.54) is 16.7 Å². The van der Waals surface area contributed by atoms with E-state index in [4.69, 9.17) is 9.47 Å². The number of carbonyl (C=O) groups excluding carboxylic acids is 2. The largest absolute Gasteiger partial charge is 0.494 e. The van der Waals surface area contributed by atoms with Gasteiger partial charge in [-0.15, -0.1) is 11.8 Å². The minimum atomic E-state index is -0.233. The topological polar surface area (TPSA) is 55.8 Å². The SMILES string of the molecule is CCCCOCCCN1C(=O)C(SCc2ccccc2)=C(c2ccc(OCC)cc2)C1=O. The van der Waals surface area contributed by atoms with Gasteiger partial charge in [0.1, 0.15) is 5.75 Å². The molecule has 32 heavy (non-hydrogen) atoms. The molecule has 0 saturated carbocycles. The van der Waals surface area contributed by atoms with Gasteiger partial charge in [-0.2, -0.15) is 0 Å². The highest BCUT2D eigenvalue weighted by atomic mass is 32.2. The van der Waals surface area contributed by atoms with Gasteiger partial charge in [-0.25, -0.2) is 0 Å². The van der Waals surface area contributed by atoms with Gasteiger partial charge < -0.3 is 9.47 Å². The zero-order chi connectivity index (χ0) is 22.8. The van der Waals surface area contributed by atoms with Crippen LogP contribution in [0.15, 0.2) is 59.5 Å². The molecule has 2 aromatic carbocycles. The van der Waals surface area contributed by atoms with Gasteiger partial charge in [0, 0.05) is 25.5 Å². The summed E-state index contributed by atoms with van der Waals surface area (Å²) in [7, 11) is 0. The number of ether oxygens (including phenoxy) is 2. The molecule has 0 aromatic heterocycles. The average molecular weight is 454 g/mol. The summed E-state index contributed by atoms with van der Waals surface area (Å²) in [6.45, 7) is 6.24. The maximum Gasteiger partial charge on any atom is 0.267 e. The van der Waals surface area contributed by atoms with Crippen molar-refractivity contribution in [1.29, 1.82) is 0 Å². The summed E-state index contributed by atoms with van der Waals surface area (Å²) in [5.41, 5.74) is 2.33. The van der Waals surface area contributed by atoms with Crippen LogP contribution in [0.25, 0.3) is 5.57 Å². The molecule has 170 valence electrons. The van der Waals surface area contributed by atoms with E-state index in [9.17, 15) is 9.59 Å². The Labute approximate surface area is 194 Å². The molecule has 6 heteroatoms. The number of amides is 2. The molecule has 1 aliphatic rings. The Hall–Kier alpha value is -2.57. The fraction of sp³-hybridized carbons (Fsp3) is 0.385. The molecule has 3 rings (SSSR count). The number of rotatable bonds is 13. The molecule has 1 aliphatic heterocycles. The molecule has 0 radical (unpaired) electrons. The molecule has 0 aliphatic carbocycles. The van der Waals surface area contributed by atoms with Crippen molar-refractivity contribution in [2.45, 2.75) is 38.9 Å². The Balaban J connectivity index is 1.77. The molecule has 0 spiro atoms. The Morgan fingerprint density at radius 3 is 2.28 bits per heavy atom. The van der Waals surface area contributed by atoms with Crippen molar-refractivity contribution in [3.05, 3.63) is 70.6 Å². The zero-order valence-electron chi connectivity index (χ0n) is 18.8. The zero-order valence-corrected chi connectivity index (χ0v) is 19.7. The van der Waals surface area contributed by atoms with Crippen LogP contribution in [0.2, 0.25) is 0 Å². The van der Waals surface area contributed by atoms with Gasteiger partial charge in [0.2, 0.25) is 0 Å². The van der Waals surface area contributed by atoms with Gasteiger partial charge >= 0.3 is 0 Å². The van der Waals surface area contributed by atoms with Crippen LogP contribution in [0.1, 0.15) is 44.2 Å². The van der Waals surface area contributed by atoms with Crippen LogP contribution in [-0.4, -0.2) is 43.1 Å². The molecule has 0 saturated heterocycles. The Bertz CT molecular complexity index is 925. The standard InChI is InChI=1S/C26H31NO4S/c1-3-5-17-30-18-9-16-27-25(28)23(21-12-14-22(15-13-21)31-4-2)24(26(27)29)32-19-20-10-7-6-8-11-20/h6-8,10-15H,3-5,9,16-19H2,1-2H3. The first-order valence-electron chi connectivity index (χ1n) is 11.2. The summed E-state index contributed by atoms with van der Waals surface area (Å²) >= 11 is 1.43. The van der Waals surface area contributed by atoms with Crippen LogP contribution in [-0.2, 0) is 20.1 Å². The number of unbranched alkanes of at least 4 members (excludes halogenated alkanes) is 1. The Morgan fingerprint density at radius 2 is 1.59 bits per heavy atom. The second-order valence-electron chi connectivity index (χ2n) is 7.52. The number of imide groups is 1. The highest BCUT2D eigenvalue weighted by Crippen LogP contribution is 2.38. The number of thioether (sulfide) groups is 1. The van der Waals surface area contributed by atoms with Crippen molar-refractivity contribution >= 4 is 29.1 Å². The molecular weight excluding hydrogens is 422 g/mol. The van der Waals surface area contributed by atoms with Crippen LogP contribution < -0.4 is 4.74 Å². The molecule has 1 heterocycles. The number of benzene rings is 2. The average Bonchev–Trinajstić information content (AvgIpc) is 3.05. The lowest BCUT2D eigenvalue weighted by Gasteiger charge is -2.15. The highest BCUT2D eigenvalue weighted by Gasteiger charge is 2.38. The minimum Gasteiger partial charge on any atom is -0.494 e. The summed E-state index contributed by atoms with van der Waals surface area (Å²) < 4.78 is 11.1. The van der Waals surface area contributed by atoms with Crippen molar-refractivity contribution in [2.24, 2.45) is 0 Å². The van der Waals surface area contributed by atoms with Crippen LogP contribution in [0.5, 0.6) is 5.75 Å². The molecule has 0 unspecified atom stereocenters. The van der Waals surface area contributed by atoms with Gasteiger partial charge in [0.25, 0.3) is 11.8 Å². The van der Waals surface area contributed by atoms with E-state index in [2.05, 4.69) is 6.92 Å². The van der Waals surface area contributed by atoms with Crippen LogP contribution in [0, 0.1) is 0 Å². The Morgan fingerprint density at radius 1 is 0.875 bits per heavy atom. The maximum absolute atomic E-state index is 13.3. The summed E-state index contributed by atoms with van der Waals surface area (Å²) in [6.07, 6.45) is 2.74. The van der Waals surface area contributed by atoms with E-state index in [-0.39, 0.29) is 11.8 Å². The molecule has 2 aromatic rings. The fourth-order valence-electron chi connectivity index (χ4n) is 3.43. The molecular formula is C26H31NO4S. The van der Waals surface area contributed by atoms with Crippen molar-refractivity contribution in [2.75, 3.05) is 26.4 Å². The van der Waals surface area contributed by atoms with E-state index in [0.29, 0.717) is 49.0 Å². The number of hydrogen-bond donors (Lipinski definition) is 0. The van der Waals surface area contributed by atoms with Crippen molar-refractivity contribution in [3.8, 4) is 5.75 Å². The normalized spacial score (nSPS) is 13.9. The first-order chi connectivity index (χ1) is 15.7. The second kappa shape index (κ2) is 12.5. The van der Waals surface area contributed by atoms with E-state index in [1.807, 2.05) is 61.5 Å². The fourth-order valence-corrected chi connectivity index (χ4v) is 4.52. The summed E-state index contributed by atoms with van der Waals surface area (Å²) in [5.74, 6) is 0.925. The molecule has 0 N–H and O–H groups in total. The van der Waals surface area contributed by atoms with E-state index in [0.717, 1.165) is 29.7 Å². The first kappa shape index (κ1) is 24.1. The lowest BCUT2D eigenvalue weighted by atomic mass is 10.1. The lowest BCUT2D eigenvalue weighted by Crippen LogP contribution is -2.33. The third kappa shape index (κ3) is 6.24. The van der Waals surface area contributed by atoms with Gasteiger partial charge in [-0.3, -0.25) is 14.5 Å². The summed E-state index contributed by atoms with van der Waals surface area (Å²) in [4.78, 5) is 28.4. The van der Waals surface area contributed by atoms with Crippen molar-refractivity contribution in [3.63, 3.8) is 0 Å². The first-order valence-corrected chi connectivity index (χ1v) is 12.2. The number of carbonyl (C=O) groups is 2. The van der Waals surface area contributed by atoms with Gasteiger partial charge in [-0.05, 0) is 43.0 Å². The predicted octanol–water partition coefficient (Wildman–Crippen LogP) is 5.31. The summed E-state index contributed by atoms with van der Waals surface area (Å²) in [5, 5.41) is 0. The van der Waals surface area contributed by atoms with Crippen LogP contribution >= 0.6 is 11.8 Å². The van der Waals surface area contributed by atoms with Gasteiger partial charge in [0.15, 0.2) is 0 Å².